The Hall–Kier alpha value is -3.89. The standard InChI is InChI=1S/C21H20F2N6O3/c1-8(21(30)31)9(2)26-20-16(23)17(15-10(3)29-32-11(15)4)27-19(28-20)14-7-25-18-13(14)5-12(22)6-24-18/h5-9H,1-4H3,(H,24,25)(H,30,31)(H,26,27,28). The SMILES string of the molecule is Cc1noc(C)c1-c1nc(-c2c[nH]c3ncc(F)cc23)nc(NC(C)C(C)C(=O)O)c1F. The minimum Gasteiger partial charge on any atom is -0.481 e. The number of hydrogen-bond acceptors (Lipinski definition) is 7. The van der Waals surface area contributed by atoms with Gasteiger partial charge in [0.05, 0.1) is 23.4 Å². The van der Waals surface area contributed by atoms with Crippen LogP contribution in [-0.2, 0) is 4.79 Å². The van der Waals surface area contributed by atoms with Crippen molar-refractivity contribution in [2.45, 2.75) is 33.7 Å². The minimum atomic E-state index is -1.04. The highest BCUT2D eigenvalue weighted by Gasteiger charge is 2.26. The number of aliphatic carboxylic acids is 1. The lowest BCUT2D eigenvalue weighted by Gasteiger charge is -2.20. The van der Waals surface area contributed by atoms with Crippen LogP contribution in [0.2, 0.25) is 0 Å². The Morgan fingerprint density at radius 2 is 2.00 bits per heavy atom. The van der Waals surface area contributed by atoms with E-state index >= 15 is 4.39 Å². The lowest BCUT2D eigenvalue weighted by molar-refractivity contribution is -0.141. The van der Waals surface area contributed by atoms with Crippen LogP contribution in [-0.4, -0.2) is 42.2 Å². The number of halogens is 2. The number of pyridine rings is 1. The summed E-state index contributed by atoms with van der Waals surface area (Å²) >= 11 is 0. The summed E-state index contributed by atoms with van der Waals surface area (Å²) in [5.41, 5.74) is 1.54. The van der Waals surface area contributed by atoms with Gasteiger partial charge in [0.15, 0.2) is 17.5 Å². The first kappa shape index (κ1) is 21.3. The Morgan fingerprint density at radius 1 is 1.25 bits per heavy atom. The molecule has 0 aliphatic heterocycles. The van der Waals surface area contributed by atoms with Gasteiger partial charge in [-0.3, -0.25) is 4.79 Å². The van der Waals surface area contributed by atoms with Gasteiger partial charge in [-0.1, -0.05) is 5.16 Å². The van der Waals surface area contributed by atoms with E-state index in [1.165, 1.54) is 13.0 Å². The van der Waals surface area contributed by atoms with Crippen LogP contribution in [0.25, 0.3) is 33.7 Å². The van der Waals surface area contributed by atoms with Gasteiger partial charge >= 0.3 is 5.97 Å². The largest absolute Gasteiger partial charge is 0.481 e. The minimum absolute atomic E-state index is 0.0670. The number of carboxylic acids is 1. The smallest absolute Gasteiger partial charge is 0.308 e. The van der Waals surface area contributed by atoms with Gasteiger partial charge in [0.25, 0.3) is 0 Å². The molecule has 2 atom stereocenters. The number of anilines is 1. The van der Waals surface area contributed by atoms with E-state index in [9.17, 15) is 14.3 Å². The summed E-state index contributed by atoms with van der Waals surface area (Å²) < 4.78 is 34.5. The van der Waals surface area contributed by atoms with E-state index in [4.69, 9.17) is 4.52 Å². The molecule has 4 rings (SSSR count). The highest BCUT2D eigenvalue weighted by Crippen LogP contribution is 2.34. The molecule has 9 nitrogen and oxygen atoms in total. The van der Waals surface area contributed by atoms with Crippen molar-refractivity contribution < 1.29 is 23.2 Å². The van der Waals surface area contributed by atoms with Crippen LogP contribution in [0.15, 0.2) is 23.0 Å². The van der Waals surface area contributed by atoms with Crippen LogP contribution in [0.5, 0.6) is 0 Å². The average Bonchev–Trinajstić information content (AvgIpc) is 3.31. The Labute approximate surface area is 180 Å². The van der Waals surface area contributed by atoms with E-state index in [1.54, 1.807) is 27.0 Å². The molecule has 0 amide bonds. The zero-order valence-corrected chi connectivity index (χ0v) is 17.7. The van der Waals surface area contributed by atoms with Gasteiger partial charge in [-0.25, -0.2) is 23.7 Å². The molecule has 0 fully saturated rings. The second-order valence-corrected chi connectivity index (χ2v) is 7.57. The number of aromatic amines is 1. The van der Waals surface area contributed by atoms with Gasteiger partial charge in [-0.05, 0) is 33.8 Å². The zero-order valence-electron chi connectivity index (χ0n) is 17.7. The maximum absolute atomic E-state index is 15.5. The van der Waals surface area contributed by atoms with Gasteiger partial charge in [0.2, 0.25) is 0 Å². The molecule has 0 aromatic carbocycles. The van der Waals surface area contributed by atoms with Crippen molar-refractivity contribution in [3.63, 3.8) is 0 Å². The Kier molecular flexibility index (Phi) is 5.33. The van der Waals surface area contributed by atoms with Crippen LogP contribution in [0.4, 0.5) is 14.6 Å². The Balaban J connectivity index is 1.93. The number of aromatic nitrogens is 5. The predicted octanol–water partition coefficient (Wildman–Crippen LogP) is 4.09. The average molecular weight is 442 g/mol. The molecular formula is C21H20F2N6O3. The number of hydrogen-bond donors (Lipinski definition) is 3. The summed E-state index contributed by atoms with van der Waals surface area (Å²) in [6.45, 7) is 6.40. The Bertz CT molecular complexity index is 1310. The van der Waals surface area contributed by atoms with Crippen LogP contribution >= 0.6 is 0 Å². The molecule has 0 spiro atoms. The lowest BCUT2D eigenvalue weighted by atomic mass is 10.0. The van der Waals surface area contributed by atoms with Crippen LogP contribution in [0.3, 0.4) is 0 Å². The fraction of sp³-hybridized carbons (Fsp3) is 0.286. The highest BCUT2D eigenvalue weighted by molar-refractivity contribution is 5.92. The van der Waals surface area contributed by atoms with E-state index in [2.05, 4.69) is 30.4 Å². The summed E-state index contributed by atoms with van der Waals surface area (Å²) in [6.07, 6.45) is 2.62. The molecule has 0 saturated carbocycles. The van der Waals surface area contributed by atoms with Crippen LogP contribution in [0.1, 0.15) is 25.3 Å². The van der Waals surface area contributed by atoms with E-state index < -0.39 is 29.6 Å². The molecular weight excluding hydrogens is 422 g/mol. The number of nitrogens with zero attached hydrogens (tertiary/aromatic N) is 4. The van der Waals surface area contributed by atoms with E-state index in [1.807, 2.05) is 0 Å². The number of rotatable bonds is 6. The van der Waals surface area contributed by atoms with Crippen molar-refractivity contribution in [2.24, 2.45) is 5.92 Å². The second kappa shape index (κ2) is 7.98. The van der Waals surface area contributed by atoms with Crippen molar-refractivity contribution in [3.8, 4) is 22.6 Å². The first-order valence-electron chi connectivity index (χ1n) is 9.80. The molecule has 4 aromatic heterocycles. The predicted molar refractivity (Wildman–Crippen MR) is 112 cm³/mol. The van der Waals surface area contributed by atoms with Gasteiger partial charge in [-0.2, -0.15) is 0 Å². The Morgan fingerprint density at radius 3 is 2.66 bits per heavy atom. The molecule has 11 heteroatoms. The second-order valence-electron chi connectivity index (χ2n) is 7.57. The van der Waals surface area contributed by atoms with Crippen LogP contribution in [0, 0.1) is 31.4 Å². The lowest BCUT2D eigenvalue weighted by Crippen LogP contribution is -2.30. The maximum Gasteiger partial charge on any atom is 0.308 e. The number of carboxylic acid groups (broad SMARTS) is 1. The summed E-state index contributed by atoms with van der Waals surface area (Å²) in [6, 6.07) is 0.628. The highest BCUT2D eigenvalue weighted by atomic mass is 19.1. The number of aryl methyl sites for hydroxylation is 2. The molecule has 0 aliphatic rings. The fourth-order valence-corrected chi connectivity index (χ4v) is 3.37. The first-order chi connectivity index (χ1) is 15.2. The van der Waals surface area contributed by atoms with Crippen molar-refractivity contribution in [1.29, 1.82) is 0 Å². The maximum atomic E-state index is 15.5. The molecule has 0 radical (unpaired) electrons. The molecule has 4 aromatic rings. The molecule has 32 heavy (non-hydrogen) atoms. The van der Waals surface area contributed by atoms with E-state index in [0.717, 1.165) is 6.20 Å². The van der Waals surface area contributed by atoms with Gasteiger partial charge in [0, 0.05) is 23.2 Å². The van der Waals surface area contributed by atoms with Crippen LogP contribution < -0.4 is 5.32 Å². The zero-order chi connectivity index (χ0) is 23.2. The van der Waals surface area contributed by atoms with Crippen molar-refractivity contribution >= 4 is 22.8 Å². The van der Waals surface area contributed by atoms with Crippen molar-refractivity contribution in [2.75, 3.05) is 5.32 Å². The quantitative estimate of drug-likeness (QED) is 0.407. The summed E-state index contributed by atoms with van der Waals surface area (Å²) in [4.78, 5) is 27.0. The van der Waals surface area contributed by atoms with Gasteiger partial charge in [-0.15, -0.1) is 0 Å². The monoisotopic (exact) mass is 442 g/mol. The van der Waals surface area contributed by atoms with E-state index in [0.29, 0.717) is 33.6 Å². The molecule has 3 N–H and O–H groups in total. The third kappa shape index (κ3) is 3.66. The molecule has 0 aliphatic carbocycles. The number of nitrogens with one attached hydrogen (secondary N) is 2. The molecule has 4 heterocycles. The number of carbonyl (C=O) groups is 1. The van der Waals surface area contributed by atoms with Gasteiger partial charge in [0.1, 0.15) is 22.9 Å². The van der Waals surface area contributed by atoms with Crippen molar-refractivity contribution in [1.82, 2.24) is 25.1 Å². The van der Waals surface area contributed by atoms with Gasteiger partial charge < -0.3 is 19.9 Å². The first-order valence-corrected chi connectivity index (χ1v) is 9.80. The molecule has 0 bridgehead atoms. The fourth-order valence-electron chi connectivity index (χ4n) is 3.37. The number of H-pyrrole nitrogens is 1. The molecule has 166 valence electrons. The summed E-state index contributed by atoms with van der Waals surface area (Å²) in [5, 5.41) is 16.4. The summed E-state index contributed by atoms with van der Waals surface area (Å²) in [5.74, 6) is -2.92. The van der Waals surface area contributed by atoms with E-state index in [-0.39, 0.29) is 17.3 Å². The third-order valence-electron chi connectivity index (χ3n) is 5.36. The normalized spacial score (nSPS) is 13.3. The molecule has 0 saturated heterocycles. The number of fused-ring (bicyclic) bond motifs is 1. The third-order valence-corrected chi connectivity index (χ3v) is 5.36. The van der Waals surface area contributed by atoms with Crippen molar-refractivity contribution in [3.05, 3.63) is 41.5 Å². The topological polar surface area (TPSA) is 130 Å². The summed E-state index contributed by atoms with van der Waals surface area (Å²) in [7, 11) is 0. The molecule has 2 unspecified atom stereocenters.